The molecule has 166 valence electrons. The Kier molecular flexibility index (Phi) is 5.84. The molecule has 3 saturated heterocycles. The molecular weight excluding hydrogens is 408 g/mol. The highest BCUT2D eigenvalue weighted by Gasteiger charge is 2.30. The van der Waals surface area contributed by atoms with Crippen LogP contribution >= 0.6 is 0 Å². The zero-order valence-electron chi connectivity index (χ0n) is 17.5. The van der Waals surface area contributed by atoms with E-state index in [0.717, 1.165) is 0 Å². The molecule has 0 spiro atoms. The van der Waals surface area contributed by atoms with Crippen LogP contribution in [0.25, 0.3) is 11.7 Å². The van der Waals surface area contributed by atoms with Crippen molar-refractivity contribution in [2.45, 2.75) is 45.5 Å². The maximum Gasteiger partial charge on any atom is 0.254 e. The molecule has 0 aliphatic carbocycles. The molecule has 0 bridgehead atoms. The second-order valence-corrected chi connectivity index (χ2v) is 7.55. The van der Waals surface area contributed by atoms with E-state index in [9.17, 15) is 18.4 Å². The third kappa shape index (κ3) is 4.08. The lowest BCUT2D eigenvalue weighted by Crippen LogP contribution is -2.28. The summed E-state index contributed by atoms with van der Waals surface area (Å²) >= 11 is 0. The fourth-order valence-corrected chi connectivity index (χ4v) is 3.92. The van der Waals surface area contributed by atoms with Gasteiger partial charge in [0.15, 0.2) is 5.65 Å². The molecule has 0 saturated carbocycles. The standard InChI is InChI=1S/C18H19F2N7O2.C2H6/c19-12-1-3-25(8-12)17-23-15-11(5-10-6-14(28)22-16(10)29)7-21-27(15)18(24-17)26-4-2-13(20)9-26;1-2/h5,7,12-13H,1-4,6,8-9H2,(H,22,28,29);1-2H3/b10-5+;/t12-,13+;/m0./s1. The lowest BCUT2D eigenvalue weighted by atomic mass is 10.1. The van der Waals surface area contributed by atoms with E-state index in [1.807, 2.05) is 13.8 Å². The monoisotopic (exact) mass is 433 g/mol. The average molecular weight is 433 g/mol. The smallest absolute Gasteiger partial charge is 0.254 e. The minimum absolute atomic E-state index is 0.00766. The van der Waals surface area contributed by atoms with Crippen molar-refractivity contribution < 1.29 is 18.4 Å². The maximum absolute atomic E-state index is 13.8. The Morgan fingerprint density at radius 1 is 1.06 bits per heavy atom. The fourth-order valence-electron chi connectivity index (χ4n) is 3.92. The van der Waals surface area contributed by atoms with Gasteiger partial charge in [-0.3, -0.25) is 14.9 Å². The quantitative estimate of drug-likeness (QED) is 0.581. The summed E-state index contributed by atoms with van der Waals surface area (Å²) in [6.45, 7) is 5.38. The SMILES string of the molecule is CC.O=C1C/C(=C\c2cnn3c(N4CC[C@@H](F)C4)nc(N4CC[C@H](F)C4)nc23)C(=O)N1. The Labute approximate surface area is 178 Å². The molecule has 0 aromatic carbocycles. The number of amides is 2. The van der Waals surface area contributed by atoms with Crippen LogP contribution in [-0.2, 0) is 9.59 Å². The molecule has 3 aliphatic rings. The van der Waals surface area contributed by atoms with Crippen LogP contribution < -0.4 is 15.1 Å². The predicted molar refractivity (Wildman–Crippen MR) is 111 cm³/mol. The number of imide groups is 1. The van der Waals surface area contributed by atoms with Gasteiger partial charge in [0.2, 0.25) is 17.8 Å². The Bertz CT molecular complexity index is 1040. The number of carbonyl (C=O) groups is 2. The van der Waals surface area contributed by atoms with Crippen LogP contribution in [0.3, 0.4) is 0 Å². The van der Waals surface area contributed by atoms with E-state index in [0.29, 0.717) is 54.6 Å². The number of alkyl halides is 2. The van der Waals surface area contributed by atoms with Crippen molar-refractivity contribution in [2.24, 2.45) is 0 Å². The van der Waals surface area contributed by atoms with E-state index in [1.54, 1.807) is 15.9 Å². The first-order valence-electron chi connectivity index (χ1n) is 10.6. The number of nitrogens with zero attached hydrogens (tertiary/aromatic N) is 6. The first kappa shape index (κ1) is 21.1. The van der Waals surface area contributed by atoms with Crippen LogP contribution in [0, 0.1) is 0 Å². The first-order valence-corrected chi connectivity index (χ1v) is 10.6. The van der Waals surface area contributed by atoms with E-state index in [4.69, 9.17) is 0 Å². The van der Waals surface area contributed by atoms with Crippen molar-refractivity contribution in [3.63, 3.8) is 0 Å². The van der Waals surface area contributed by atoms with Crippen molar-refractivity contribution >= 4 is 35.4 Å². The lowest BCUT2D eigenvalue weighted by molar-refractivity contribution is -0.124. The second kappa shape index (κ2) is 8.56. The summed E-state index contributed by atoms with van der Waals surface area (Å²) in [6.07, 6.45) is 2.01. The van der Waals surface area contributed by atoms with Gasteiger partial charge in [0.25, 0.3) is 5.91 Å². The molecule has 1 N–H and O–H groups in total. The third-order valence-electron chi connectivity index (χ3n) is 5.42. The van der Waals surface area contributed by atoms with Crippen molar-refractivity contribution in [1.82, 2.24) is 24.9 Å². The molecule has 5 heterocycles. The molecule has 0 radical (unpaired) electrons. The zero-order chi connectivity index (χ0) is 22.1. The topological polar surface area (TPSA) is 95.7 Å². The van der Waals surface area contributed by atoms with E-state index in [-0.39, 0.29) is 25.4 Å². The van der Waals surface area contributed by atoms with Crippen LogP contribution in [0.5, 0.6) is 0 Å². The summed E-state index contributed by atoms with van der Waals surface area (Å²) in [7, 11) is 0. The van der Waals surface area contributed by atoms with Gasteiger partial charge in [-0.2, -0.15) is 19.6 Å². The molecule has 3 aliphatic heterocycles. The molecular formula is C20H25F2N7O2. The Hall–Kier alpha value is -3.11. The number of fused-ring (bicyclic) bond motifs is 1. The van der Waals surface area contributed by atoms with Crippen molar-refractivity contribution in [3.05, 3.63) is 17.3 Å². The van der Waals surface area contributed by atoms with Crippen LogP contribution in [0.4, 0.5) is 20.7 Å². The van der Waals surface area contributed by atoms with Crippen molar-refractivity contribution in [2.75, 3.05) is 36.0 Å². The van der Waals surface area contributed by atoms with Gasteiger partial charge in [-0.25, -0.2) is 8.78 Å². The molecule has 31 heavy (non-hydrogen) atoms. The summed E-state index contributed by atoms with van der Waals surface area (Å²) in [5, 5.41) is 6.57. The van der Waals surface area contributed by atoms with E-state index in [2.05, 4.69) is 20.4 Å². The van der Waals surface area contributed by atoms with Gasteiger partial charge in [0.05, 0.1) is 25.7 Å². The van der Waals surface area contributed by atoms with Gasteiger partial charge in [0, 0.05) is 24.2 Å². The summed E-state index contributed by atoms with van der Waals surface area (Å²) < 4.78 is 29.0. The van der Waals surface area contributed by atoms with Crippen LogP contribution in [0.2, 0.25) is 0 Å². The summed E-state index contributed by atoms with van der Waals surface area (Å²) in [5.74, 6) is -0.0135. The minimum atomic E-state index is -0.948. The molecule has 2 aromatic rings. The number of rotatable bonds is 3. The molecule has 11 heteroatoms. The molecule has 3 fully saturated rings. The van der Waals surface area contributed by atoms with Crippen molar-refractivity contribution in [1.29, 1.82) is 0 Å². The molecule has 5 rings (SSSR count). The highest BCUT2D eigenvalue weighted by Crippen LogP contribution is 2.27. The Balaban J connectivity index is 0.00000112. The van der Waals surface area contributed by atoms with E-state index in [1.165, 1.54) is 10.7 Å². The summed E-state index contributed by atoms with van der Waals surface area (Å²) in [4.78, 5) is 36.0. The number of anilines is 2. The molecule has 2 amide bonds. The molecule has 9 nitrogen and oxygen atoms in total. The molecule has 2 aromatic heterocycles. The number of nitrogens with one attached hydrogen (secondary N) is 1. The maximum atomic E-state index is 13.8. The zero-order valence-corrected chi connectivity index (χ0v) is 17.5. The number of aromatic nitrogens is 4. The number of hydrogen-bond donors (Lipinski definition) is 1. The third-order valence-corrected chi connectivity index (χ3v) is 5.42. The molecule has 2 atom stereocenters. The Morgan fingerprint density at radius 3 is 2.32 bits per heavy atom. The number of carbonyl (C=O) groups excluding carboxylic acids is 2. The van der Waals surface area contributed by atoms with Crippen molar-refractivity contribution in [3.8, 4) is 0 Å². The predicted octanol–water partition coefficient (Wildman–Crippen LogP) is 1.68. The van der Waals surface area contributed by atoms with Crippen LogP contribution in [-0.4, -0.2) is 69.9 Å². The number of hydrogen-bond acceptors (Lipinski definition) is 7. The van der Waals surface area contributed by atoms with Gasteiger partial charge < -0.3 is 9.80 Å². The highest BCUT2D eigenvalue weighted by atomic mass is 19.1. The van der Waals surface area contributed by atoms with Crippen LogP contribution in [0.1, 0.15) is 38.7 Å². The Morgan fingerprint density at radius 2 is 1.74 bits per heavy atom. The van der Waals surface area contributed by atoms with E-state index < -0.39 is 18.3 Å². The lowest BCUT2D eigenvalue weighted by Gasteiger charge is -2.21. The van der Waals surface area contributed by atoms with Gasteiger partial charge in [-0.15, -0.1) is 0 Å². The largest absolute Gasteiger partial charge is 0.338 e. The highest BCUT2D eigenvalue weighted by molar-refractivity contribution is 6.15. The van der Waals surface area contributed by atoms with Crippen LogP contribution in [0.15, 0.2) is 11.8 Å². The molecule has 0 unspecified atom stereocenters. The average Bonchev–Trinajstić information content (AvgIpc) is 3.53. The van der Waals surface area contributed by atoms with Gasteiger partial charge in [0.1, 0.15) is 12.3 Å². The summed E-state index contributed by atoms with van der Waals surface area (Å²) in [5.41, 5.74) is 1.29. The normalized spacial score (nSPS) is 24.8. The van der Waals surface area contributed by atoms with Gasteiger partial charge >= 0.3 is 0 Å². The second-order valence-electron chi connectivity index (χ2n) is 7.55. The minimum Gasteiger partial charge on any atom is -0.338 e. The first-order chi connectivity index (χ1) is 15.0. The van der Waals surface area contributed by atoms with Gasteiger partial charge in [-0.05, 0) is 18.9 Å². The fraction of sp³-hybridized carbons (Fsp3) is 0.550. The summed E-state index contributed by atoms with van der Waals surface area (Å²) in [6, 6.07) is 0. The number of halogens is 2. The van der Waals surface area contributed by atoms with Gasteiger partial charge in [-0.1, -0.05) is 13.8 Å². The van der Waals surface area contributed by atoms with E-state index >= 15 is 0 Å².